The summed E-state index contributed by atoms with van der Waals surface area (Å²) >= 11 is 0. The third-order valence-corrected chi connectivity index (χ3v) is 3.87. The fraction of sp³-hybridized carbons (Fsp3) is 0.263. The third kappa shape index (κ3) is 4.67. The van der Waals surface area contributed by atoms with Crippen molar-refractivity contribution in [2.45, 2.75) is 25.9 Å². The number of urea groups is 1. The van der Waals surface area contributed by atoms with Crippen LogP contribution in [0, 0.1) is 0 Å². The molecule has 2 atom stereocenters. The van der Waals surface area contributed by atoms with Crippen LogP contribution in [0.25, 0.3) is 11.1 Å². The van der Waals surface area contributed by atoms with Crippen LogP contribution in [0.4, 0.5) is 4.79 Å². The Hall–Kier alpha value is -2.66. The summed E-state index contributed by atoms with van der Waals surface area (Å²) in [5, 5.41) is 7.82. The highest BCUT2D eigenvalue weighted by Gasteiger charge is 2.17. The second-order valence-electron chi connectivity index (χ2n) is 5.67. The fourth-order valence-corrected chi connectivity index (χ4v) is 2.42. The van der Waals surface area contributed by atoms with Crippen molar-refractivity contribution in [3.8, 4) is 11.1 Å². The molecular formula is C19H23N3O2. The summed E-state index contributed by atoms with van der Waals surface area (Å²) in [6.07, 6.45) is 0. The lowest BCUT2D eigenvalue weighted by atomic mass is 10.0. The van der Waals surface area contributed by atoms with E-state index in [4.69, 9.17) is 0 Å². The summed E-state index contributed by atoms with van der Waals surface area (Å²) in [5.41, 5.74) is 3.40. The van der Waals surface area contributed by atoms with Crippen LogP contribution in [0.5, 0.6) is 0 Å². The Kier molecular flexibility index (Phi) is 6.09. The van der Waals surface area contributed by atoms with Gasteiger partial charge in [0, 0.05) is 13.1 Å². The molecule has 24 heavy (non-hydrogen) atoms. The topological polar surface area (TPSA) is 70.2 Å². The Morgan fingerprint density at radius 1 is 0.875 bits per heavy atom. The highest BCUT2D eigenvalue weighted by molar-refractivity contribution is 5.96. The maximum absolute atomic E-state index is 11.9. The van der Waals surface area contributed by atoms with Crippen LogP contribution in [-0.4, -0.2) is 25.0 Å². The smallest absolute Gasteiger partial charge is 0.321 e. The molecule has 0 radical (unpaired) electrons. The summed E-state index contributed by atoms with van der Waals surface area (Å²) in [5.74, 6) is -0.359. The average molecular weight is 325 g/mol. The standard InChI is InChI=1S/C19H23N3O2/c1-13(21-14(2)18(23)22-19(24)20-3)15-9-11-17(12-10-15)16-7-5-4-6-8-16/h4-14,21H,1-3H3,(H2,20,22,23,24)/t13-,14-/m0/s1. The van der Waals surface area contributed by atoms with Gasteiger partial charge in [-0.15, -0.1) is 0 Å². The first kappa shape index (κ1) is 17.7. The van der Waals surface area contributed by atoms with Gasteiger partial charge in [0.15, 0.2) is 0 Å². The highest BCUT2D eigenvalue weighted by atomic mass is 16.2. The van der Waals surface area contributed by atoms with Crippen molar-refractivity contribution in [3.63, 3.8) is 0 Å². The molecule has 0 unspecified atom stereocenters. The first-order valence-corrected chi connectivity index (χ1v) is 7.95. The van der Waals surface area contributed by atoms with Crippen LogP contribution >= 0.6 is 0 Å². The molecule has 3 amide bonds. The van der Waals surface area contributed by atoms with Gasteiger partial charge in [-0.05, 0) is 30.5 Å². The normalized spacial score (nSPS) is 13.0. The third-order valence-electron chi connectivity index (χ3n) is 3.87. The molecule has 0 aliphatic heterocycles. The van der Waals surface area contributed by atoms with E-state index in [1.165, 1.54) is 12.6 Å². The monoisotopic (exact) mass is 325 g/mol. The number of carbonyl (C=O) groups excluding carboxylic acids is 2. The van der Waals surface area contributed by atoms with E-state index >= 15 is 0 Å². The quantitative estimate of drug-likeness (QED) is 0.792. The molecule has 0 spiro atoms. The van der Waals surface area contributed by atoms with E-state index in [9.17, 15) is 9.59 Å². The van der Waals surface area contributed by atoms with Crippen molar-refractivity contribution in [2.75, 3.05) is 7.05 Å². The molecule has 3 N–H and O–H groups in total. The molecule has 5 nitrogen and oxygen atoms in total. The lowest BCUT2D eigenvalue weighted by Gasteiger charge is -2.20. The first-order valence-electron chi connectivity index (χ1n) is 7.95. The predicted octanol–water partition coefficient (Wildman–Crippen LogP) is 2.85. The fourth-order valence-electron chi connectivity index (χ4n) is 2.42. The Labute approximate surface area is 142 Å². The van der Waals surface area contributed by atoms with Crippen molar-refractivity contribution in [3.05, 3.63) is 60.2 Å². The van der Waals surface area contributed by atoms with Crippen molar-refractivity contribution in [1.29, 1.82) is 0 Å². The van der Waals surface area contributed by atoms with Gasteiger partial charge in [-0.1, -0.05) is 54.6 Å². The van der Waals surface area contributed by atoms with Gasteiger partial charge in [0.05, 0.1) is 6.04 Å². The van der Waals surface area contributed by atoms with Crippen molar-refractivity contribution >= 4 is 11.9 Å². The maximum atomic E-state index is 11.9. The van der Waals surface area contributed by atoms with Gasteiger partial charge < -0.3 is 5.32 Å². The molecular weight excluding hydrogens is 302 g/mol. The number of benzene rings is 2. The summed E-state index contributed by atoms with van der Waals surface area (Å²) in [6, 6.07) is 17.4. The molecule has 5 heteroatoms. The Morgan fingerprint density at radius 2 is 1.46 bits per heavy atom. The van der Waals surface area contributed by atoms with Gasteiger partial charge in [-0.25, -0.2) is 4.79 Å². The highest BCUT2D eigenvalue weighted by Crippen LogP contribution is 2.21. The van der Waals surface area contributed by atoms with E-state index in [2.05, 4.69) is 40.2 Å². The van der Waals surface area contributed by atoms with Gasteiger partial charge in [0.2, 0.25) is 5.91 Å². The van der Waals surface area contributed by atoms with E-state index in [0.717, 1.165) is 11.1 Å². The van der Waals surface area contributed by atoms with E-state index < -0.39 is 12.1 Å². The van der Waals surface area contributed by atoms with Crippen LogP contribution < -0.4 is 16.0 Å². The van der Waals surface area contributed by atoms with Gasteiger partial charge >= 0.3 is 6.03 Å². The second-order valence-corrected chi connectivity index (χ2v) is 5.67. The maximum Gasteiger partial charge on any atom is 0.321 e. The van der Waals surface area contributed by atoms with E-state index in [-0.39, 0.29) is 11.9 Å². The number of amides is 3. The lowest BCUT2D eigenvalue weighted by molar-refractivity contribution is -0.121. The molecule has 2 aromatic carbocycles. The van der Waals surface area contributed by atoms with Gasteiger partial charge in [0.1, 0.15) is 0 Å². The molecule has 126 valence electrons. The zero-order chi connectivity index (χ0) is 17.5. The number of hydrogen-bond donors (Lipinski definition) is 3. The van der Waals surface area contributed by atoms with Crippen LogP contribution in [0.2, 0.25) is 0 Å². The van der Waals surface area contributed by atoms with Crippen LogP contribution in [0.15, 0.2) is 54.6 Å². The Balaban J connectivity index is 1.98. The molecule has 0 saturated carbocycles. The van der Waals surface area contributed by atoms with E-state index in [0.29, 0.717) is 0 Å². The molecule has 2 aromatic rings. The van der Waals surface area contributed by atoms with Crippen molar-refractivity contribution < 1.29 is 9.59 Å². The number of nitrogens with one attached hydrogen (secondary N) is 3. The molecule has 0 aromatic heterocycles. The zero-order valence-corrected chi connectivity index (χ0v) is 14.2. The molecule has 2 rings (SSSR count). The lowest BCUT2D eigenvalue weighted by Crippen LogP contribution is -2.47. The first-order chi connectivity index (χ1) is 11.5. The van der Waals surface area contributed by atoms with E-state index in [1.54, 1.807) is 6.92 Å². The SMILES string of the molecule is CNC(=O)NC(=O)[C@H](C)N[C@@H](C)c1ccc(-c2ccccc2)cc1. The van der Waals surface area contributed by atoms with Crippen molar-refractivity contribution in [2.24, 2.45) is 0 Å². The summed E-state index contributed by atoms with van der Waals surface area (Å²) in [7, 11) is 1.47. The molecule has 0 aliphatic rings. The largest absolute Gasteiger partial charge is 0.341 e. The summed E-state index contributed by atoms with van der Waals surface area (Å²) in [4.78, 5) is 23.1. The van der Waals surface area contributed by atoms with Crippen LogP contribution in [-0.2, 0) is 4.79 Å². The minimum absolute atomic E-state index is 0.0136. The van der Waals surface area contributed by atoms with Gasteiger partial charge in [-0.2, -0.15) is 0 Å². The van der Waals surface area contributed by atoms with Gasteiger partial charge in [0.25, 0.3) is 0 Å². The summed E-state index contributed by atoms with van der Waals surface area (Å²) in [6.45, 7) is 3.72. The van der Waals surface area contributed by atoms with Crippen molar-refractivity contribution in [1.82, 2.24) is 16.0 Å². The molecule has 0 aliphatic carbocycles. The second kappa shape index (κ2) is 8.26. The molecule has 0 heterocycles. The average Bonchev–Trinajstić information content (AvgIpc) is 2.62. The Morgan fingerprint density at radius 3 is 2.04 bits per heavy atom. The number of imide groups is 1. The molecule has 0 fully saturated rings. The minimum Gasteiger partial charge on any atom is -0.341 e. The summed E-state index contributed by atoms with van der Waals surface area (Å²) < 4.78 is 0. The number of hydrogen-bond acceptors (Lipinski definition) is 3. The number of carbonyl (C=O) groups is 2. The molecule has 0 saturated heterocycles. The molecule has 0 bridgehead atoms. The zero-order valence-electron chi connectivity index (χ0n) is 14.2. The van der Waals surface area contributed by atoms with Crippen LogP contribution in [0.3, 0.4) is 0 Å². The number of rotatable bonds is 5. The van der Waals surface area contributed by atoms with Crippen LogP contribution in [0.1, 0.15) is 25.5 Å². The minimum atomic E-state index is -0.506. The predicted molar refractivity (Wildman–Crippen MR) is 95.5 cm³/mol. The Bertz CT molecular complexity index is 684. The van der Waals surface area contributed by atoms with Gasteiger partial charge in [-0.3, -0.25) is 15.4 Å². The van der Waals surface area contributed by atoms with E-state index in [1.807, 2.05) is 37.3 Å².